The van der Waals surface area contributed by atoms with Crippen LogP contribution in [-0.2, 0) is 11.6 Å². The molecule has 1 unspecified atom stereocenters. The number of hydrogen-bond acceptors (Lipinski definition) is 5. The molecule has 1 aromatic carbocycles. The number of benzene rings is 1. The monoisotopic (exact) mass is 418 g/mol. The van der Waals surface area contributed by atoms with Crippen LogP contribution in [0, 0.1) is 24.2 Å². The van der Waals surface area contributed by atoms with Crippen LogP contribution in [0.4, 0.5) is 13.2 Å². The summed E-state index contributed by atoms with van der Waals surface area (Å²) in [6.07, 6.45) is -1.87. The topological polar surface area (TPSA) is 108 Å². The van der Waals surface area contributed by atoms with Crippen molar-refractivity contribution in [3.05, 3.63) is 63.7 Å². The molecule has 0 fully saturated rings. The molecule has 2 heterocycles. The van der Waals surface area contributed by atoms with Gasteiger partial charge in [-0.2, -0.15) is 18.4 Å². The Hall–Kier alpha value is -3.25. The average Bonchev–Trinajstić information content (AvgIpc) is 3.04. The van der Waals surface area contributed by atoms with Crippen LogP contribution in [0.25, 0.3) is 6.08 Å². The molecule has 1 aromatic heterocycles. The summed E-state index contributed by atoms with van der Waals surface area (Å²) in [6.45, 7) is 4.99. The summed E-state index contributed by atoms with van der Waals surface area (Å²) in [5.41, 5.74) is 5.35. The van der Waals surface area contributed by atoms with Crippen LogP contribution in [0.3, 0.4) is 0 Å². The fourth-order valence-corrected chi connectivity index (χ4v) is 4.09. The summed E-state index contributed by atoms with van der Waals surface area (Å²) in [5, 5.41) is 25.9. The van der Waals surface area contributed by atoms with E-state index < -0.39 is 17.2 Å². The molecule has 1 aliphatic rings. The number of hydrogen-bond donors (Lipinski definition) is 3. The normalized spacial score (nSPS) is 19.2. The van der Waals surface area contributed by atoms with E-state index in [-0.39, 0.29) is 41.0 Å². The number of aromatic amines is 1. The maximum Gasteiger partial charge on any atom is 0.416 e. The number of allylic oxidation sites excluding steroid dienone is 1. The van der Waals surface area contributed by atoms with Crippen LogP contribution in [0.15, 0.2) is 35.7 Å². The van der Waals surface area contributed by atoms with Crippen molar-refractivity contribution < 1.29 is 23.0 Å². The van der Waals surface area contributed by atoms with Crippen LogP contribution >= 0.6 is 0 Å². The lowest BCUT2D eigenvalue weighted by molar-refractivity contribution is -0.137. The molecular formula is C21H21F3N4O2. The van der Waals surface area contributed by atoms with Gasteiger partial charge in [-0.05, 0) is 36.1 Å². The first-order valence-electron chi connectivity index (χ1n) is 9.21. The number of rotatable bonds is 4. The fraction of sp³-hybridized carbons (Fsp3) is 0.333. The summed E-state index contributed by atoms with van der Waals surface area (Å²) in [7, 11) is 0. The van der Waals surface area contributed by atoms with E-state index in [2.05, 4.69) is 16.3 Å². The molecule has 3 rings (SSSR count). The molecule has 0 radical (unpaired) electrons. The molecule has 158 valence electrons. The van der Waals surface area contributed by atoms with Crippen molar-refractivity contribution in [2.45, 2.75) is 32.4 Å². The highest BCUT2D eigenvalue weighted by molar-refractivity contribution is 5.64. The number of halogens is 3. The molecular weight excluding hydrogens is 397 g/mol. The molecule has 30 heavy (non-hydrogen) atoms. The van der Waals surface area contributed by atoms with Crippen molar-refractivity contribution >= 4 is 6.08 Å². The van der Waals surface area contributed by atoms with Gasteiger partial charge in [0, 0.05) is 5.69 Å². The zero-order valence-electron chi connectivity index (χ0n) is 16.6. The Morgan fingerprint density at radius 2 is 2.07 bits per heavy atom. The smallest absolute Gasteiger partial charge is 0.416 e. The van der Waals surface area contributed by atoms with E-state index >= 15 is 0 Å². The van der Waals surface area contributed by atoms with Crippen molar-refractivity contribution in [2.75, 3.05) is 6.61 Å². The zero-order chi connectivity index (χ0) is 22.3. The number of aromatic nitrogens is 2. The van der Waals surface area contributed by atoms with E-state index in [0.717, 1.165) is 12.1 Å². The van der Waals surface area contributed by atoms with Gasteiger partial charge >= 0.3 is 6.18 Å². The predicted molar refractivity (Wildman–Crippen MR) is 104 cm³/mol. The lowest BCUT2D eigenvalue weighted by atomic mass is 9.61. The molecule has 0 saturated heterocycles. The van der Waals surface area contributed by atoms with Gasteiger partial charge in [-0.3, -0.25) is 5.10 Å². The van der Waals surface area contributed by atoms with Crippen molar-refractivity contribution in [3.63, 3.8) is 0 Å². The SMILES string of the molecule is Cc1[nH]nc2c1C(c1cc(C=CCO)cc(C(F)(F)F)c1)(C(C)C)C(C#N)=C(N)O2. The van der Waals surface area contributed by atoms with Gasteiger partial charge in [0.05, 0.1) is 23.1 Å². The number of ether oxygens (including phenoxy) is 1. The highest BCUT2D eigenvalue weighted by Gasteiger charge is 2.51. The van der Waals surface area contributed by atoms with Crippen LogP contribution in [0.2, 0.25) is 0 Å². The molecule has 0 amide bonds. The third kappa shape index (κ3) is 3.23. The molecule has 0 spiro atoms. The molecule has 0 bridgehead atoms. The Morgan fingerprint density at radius 1 is 1.37 bits per heavy atom. The maximum atomic E-state index is 13.7. The van der Waals surface area contributed by atoms with E-state index in [4.69, 9.17) is 15.6 Å². The molecule has 0 aliphatic carbocycles. The van der Waals surface area contributed by atoms with Crippen molar-refractivity contribution in [3.8, 4) is 11.9 Å². The number of nitriles is 1. The van der Waals surface area contributed by atoms with E-state index in [1.165, 1.54) is 12.2 Å². The lowest BCUT2D eigenvalue weighted by Crippen LogP contribution is -2.41. The summed E-state index contributed by atoms with van der Waals surface area (Å²) < 4.78 is 46.6. The second kappa shape index (κ2) is 7.54. The molecule has 1 aliphatic heterocycles. The van der Waals surface area contributed by atoms with Crippen LogP contribution in [-0.4, -0.2) is 21.9 Å². The summed E-state index contributed by atoms with van der Waals surface area (Å²) in [5.74, 6) is -0.444. The lowest BCUT2D eigenvalue weighted by Gasteiger charge is -2.41. The number of aryl methyl sites for hydroxylation is 1. The van der Waals surface area contributed by atoms with Gasteiger partial charge in [-0.15, -0.1) is 5.10 Å². The van der Waals surface area contributed by atoms with Crippen LogP contribution < -0.4 is 10.5 Å². The Balaban J connectivity index is 2.47. The van der Waals surface area contributed by atoms with Gasteiger partial charge < -0.3 is 15.6 Å². The second-order valence-electron chi connectivity index (χ2n) is 7.37. The quantitative estimate of drug-likeness (QED) is 0.701. The Bertz CT molecular complexity index is 1080. The number of nitrogens with one attached hydrogen (secondary N) is 1. The number of H-pyrrole nitrogens is 1. The molecule has 4 N–H and O–H groups in total. The van der Waals surface area contributed by atoms with Crippen LogP contribution in [0.1, 0.15) is 41.8 Å². The van der Waals surface area contributed by atoms with Crippen molar-refractivity contribution in [1.29, 1.82) is 5.26 Å². The number of nitrogens with two attached hydrogens (primary N) is 1. The second-order valence-corrected chi connectivity index (χ2v) is 7.37. The van der Waals surface area contributed by atoms with Gasteiger partial charge in [0.15, 0.2) is 0 Å². The van der Waals surface area contributed by atoms with E-state index in [9.17, 15) is 18.4 Å². The van der Waals surface area contributed by atoms with Gasteiger partial charge in [-0.25, -0.2) is 0 Å². The predicted octanol–water partition coefficient (Wildman–Crippen LogP) is 3.77. The molecule has 1 atom stereocenters. The highest BCUT2D eigenvalue weighted by atomic mass is 19.4. The first-order valence-corrected chi connectivity index (χ1v) is 9.21. The van der Waals surface area contributed by atoms with Crippen molar-refractivity contribution in [1.82, 2.24) is 10.2 Å². The summed E-state index contributed by atoms with van der Waals surface area (Å²) in [6, 6.07) is 5.64. The number of alkyl halides is 3. The number of fused-ring (bicyclic) bond motifs is 1. The third-order valence-corrected chi connectivity index (χ3v) is 5.29. The molecule has 9 heteroatoms. The third-order valence-electron chi connectivity index (χ3n) is 5.29. The van der Waals surface area contributed by atoms with Gasteiger partial charge in [0.25, 0.3) is 0 Å². The van der Waals surface area contributed by atoms with Gasteiger partial charge in [-0.1, -0.05) is 32.1 Å². The first kappa shape index (κ1) is 21.5. The highest BCUT2D eigenvalue weighted by Crippen LogP contribution is 2.53. The van der Waals surface area contributed by atoms with Crippen molar-refractivity contribution in [2.24, 2.45) is 11.7 Å². The minimum Gasteiger partial charge on any atom is -0.420 e. The minimum absolute atomic E-state index is 0.0194. The largest absolute Gasteiger partial charge is 0.420 e. The number of aliphatic hydroxyl groups excluding tert-OH is 1. The number of aliphatic hydroxyl groups is 1. The van der Waals surface area contributed by atoms with E-state index in [1.807, 2.05) is 0 Å². The average molecular weight is 418 g/mol. The summed E-state index contributed by atoms with van der Waals surface area (Å²) >= 11 is 0. The standard InChI is InChI=1S/C21H21F3N4O2/c1-11(2)20(16(10-25)18(26)30-19-17(20)12(3)27-28-19)14-7-13(5-4-6-29)8-15(9-14)21(22,23)24/h4-5,7-9,11,29H,6,26H2,1-3H3,(H,27,28). The Labute approximate surface area is 171 Å². The molecule has 0 saturated carbocycles. The minimum atomic E-state index is -4.61. The van der Waals surface area contributed by atoms with Crippen LogP contribution in [0.5, 0.6) is 5.88 Å². The Morgan fingerprint density at radius 3 is 2.63 bits per heavy atom. The molecule has 6 nitrogen and oxygen atoms in total. The van der Waals surface area contributed by atoms with Gasteiger partial charge in [0.1, 0.15) is 11.6 Å². The van der Waals surface area contributed by atoms with E-state index in [0.29, 0.717) is 11.3 Å². The Kier molecular flexibility index (Phi) is 5.39. The zero-order valence-corrected chi connectivity index (χ0v) is 16.6. The van der Waals surface area contributed by atoms with E-state index in [1.54, 1.807) is 26.8 Å². The fourth-order valence-electron chi connectivity index (χ4n) is 4.09. The molecule has 2 aromatic rings. The first-order chi connectivity index (χ1) is 14.1. The van der Waals surface area contributed by atoms with Gasteiger partial charge in [0.2, 0.25) is 11.8 Å². The maximum absolute atomic E-state index is 13.7. The summed E-state index contributed by atoms with van der Waals surface area (Å²) in [4.78, 5) is 0. The number of nitrogens with zero attached hydrogens (tertiary/aromatic N) is 2.